The van der Waals surface area contributed by atoms with Gasteiger partial charge in [-0.15, -0.1) is 0 Å². The third-order valence-electron chi connectivity index (χ3n) is 4.09. The summed E-state index contributed by atoms with van der Waals surface area (Å²) in [6, 6.07) is 8.05. The maximum Gasteiger partial charge on any atom is 0.241 e. The Morgan fingerprint density at radius 1 is 1.37 bits per heavy atom. The molecule has 0 fully saturated rings. The second-order valence-electron chi connectivity index (χ2n) is 5.26. The molecule has 1 atom stereocenters. The minimum Gasteiger partial charge on any atom is -0.354 e. The Hall–Kier alpha value is -1.35. The summed E-state index contributed by atoms with van der Waals surface area (Å²) >= 11 is 0. The topological polar surface area (TPSA) is 41.1 Å². The lowest BCUT2D eigenvalue weighted by Crippen LogP contribution is -2.42. The van der Waals surface area contributed by atoms with E-state index in [-0.39, 0.29) is 11.9 Å². The molecule has 0 aromatic heterocycles. The number of fused-ring (bicyclic) bond motifs is 1. The summed E-state index contributed by atoms with van der Waals surface area (Å²) in [5.74, 6) is 0.696. The number of carbonyl (C=O) groups excluding carboxylic acids is 1. The van der Waals surface area contributed by atoms with Crippen molar-refractivity contribution in [3.8, 4) is 0 Å². The molecule has 1 heterocycles. The zero-order chi connectivity index (χ0) is 13.7. The van der Waals surface area contributed by atoms with Gasteiger partial charge in [-0.2, -0.15) is 0 Å². The molecule has 3 heteroatoms. The van der Waals surface area contributed by atoms with Gasteiger partial charge >= 0.3 is 0 Å². The normalized spacial score (nSPS) is 18.2. The van der Waals surface area contributed by atoms with E-state index in [1.165, 1.54) is 5.56 Å². The summed E-state index contributed by atoms with van der Waals surface area (Å²) < 4.78 is 0. The van der Waals surface area contributed by atoms with E-state index in [1.54, 1.807) is 0 Å². The van der Waals surface area contributed by atoms with E-state index >= 15 is 0 Å². The van der Waals surface area contributed by atoms with E-state index in [4.69, 9.17) is 0 Å². The molecule has 1 amide bonds. The van der Waals surface area contributed by atoms with E-state index in [1.807, 2.05) is 12.1 Å². The van der Waals surface area contributed by atoms with Gasteiger partial charge in [-0.05, 0) is 23.5 Å². The van der Waals surface area contributed by atoms with Gasteiger partial charge in [-0.25, -0.2) is 0 Å². The number of rotatable bonds is 5. The fraction of sp³-hybridized carbons (Fsp3) is 0.562. The Kier molecular flexibility index (Phi) is 4.97. The Bertz CT molecular complexity index is 427. The first-order valence-electron chi connectivity index (χ1n) is 7.35. The number of hydrogen-bond acceptors (Lipinski definition) is 2. The van der Waals surface area contributed by atoms with Crippen LogP contribution in [0.5, 0.6) is 0 Å². The fourth-order valence-corrected chi connectivity index (χ4v) is 2.66. The van der Waals surface area contributed by atoms with Crippen LogP contribution in [0.25, 0.3) is 0 Å². The molecule has 0 bridgehead atoms. The first-order chi connectivity index (χ1) is 9.26. The van der Waals surface area contributed by atoms with Crippen molar-refractivity contribution in [1.82, 2.24) is 10.6 Å². The smallest absolute Gasteiger partial charge is 0.241 e. The maximum absolute atomic E-state index is 12.3. The Morgan fingerprint density at radius 2 is 2.11 bits per heavy atom. The first-order valence-corrected chi connectivity index (χ1v) is 7.35. The second-order valence-corrected chi connectivity index (χ2v) is 5.26. The summed E-state index contributed by atoms with van der Waals surface area (Å²) in [4.78, 5) is 12.3. The van der Waals surface area contributed by atoms with Crippen LogP contribution in [0.2, 0.25) is 0 Å². The molecular weight excluding hydrogens is 236 g/mol. The minimum absolute atomic E-state index is 0.110. The van der Waals surface area contributed by atoms with Gasteiger partial charge in [0.15, 0.2) is 0 Å². The van der Waals surface area contributed by atoms with Crippen LogP contribution >= 0.6 is 0 Å². The Balaban J connectivity index is 2.01. The maximum atomic E-state index is 12.3. The SMILES string of the molecule is CCC(CC)CNC(=O)C1NCCc2ccccc21. The highest BCUT2D eigenvalue weighted by Crippen LogP contribution is 2.22. The van der Waals surface area contributed by atoms with Gasteiger partial charge < -0.3 is 10.6 Å². The molecule has 3 nitrogen and oxygen atoms in total. The number of nitrogens with one attached hydrogen (secondary N) is 2. The largest absolute Gasteiger partial charge is 0.354 e. The third-order valence-corrected chi connectivity index (χ3v) is 4.09. The molecule has 2 rings (SSSR count). The van der Waals surface area contributed by atoms with Crippen LogP contribution in [0.3, 0.4) is 0 Å². The Labute approximate surface area is 115 Å². The predicted molar refractivity (Wildman–Crippen MR) is 78.0 cm³/mol. The molecule has 0 saturated carbocycles. The van der Waals surface area contributed by atoms with Crippen molar-refractivity contribution in [3.05, 3.63) is 35.4 Å². The summed E-state index contributed by atoms with van der Waals surface area (Å²) in [6.45, 7) is 6.01. The molecule has 0 radical (unpaired) electrons. The minimum atomic E-state index is -0.181. The molecule has 1 aromatic rings. The quantitative estimate of drug-likeness (QED) is 0.853. The summed E-state index contributed by atoms with van der Waals surface area (Å²) in [5.41, 5.74) is 2.43. The van der Waals surface area contributed by atoms with Crippen LogP contribution in [-0.4, -0.2) is 19.0 Å². The van der Waals surface area contributed by atoms with Crippen molar-refractivity contribution in [2.24, 2.45) is 5.92 Å². The summed E-state index contributed by atoms with van der Waals surface area (Å²) in [5, 5.41) is 6.42. The van der Waals surface area contributed by atoms with Crippen molar-refractivity contribution in [3.63, 3.8) is 0 Å². The van der Waals surface area contributed by atoms with Gasteiger partial charge in [-0.1, -0.05) is 51.0 Å². The van der Waals surface area contributed by atoms with Gasteiger partial charge in [-0.3, -0.25) is 4.79 Å². The van der Waals surface area contributed by atoms with Gasteiger partial charge in [0.1, 0.15) is 6.04 Å². The summed E-state index contributed by atoms with van der Waals surface area (Å²) in [7, 11) is 0. The number of amides is 1. The Morgan fingerprint density at radius 3 is 2.84 bits per heavy atom. The van der Waals surface area contributed by atoms with Crippen LogP contribution in [0, 0.1) is 5.92 Å². The number of hydrogen-bond donors (Lipinski definition) is 2. The van der Waals surface area contributed by atoms with E-state index in [9.17, 15) is 4.79 Å². The third kappa shape index (κ3) is 3.35. The predicted octanol–water partition coefficient (Wildman–Crippen LogP) is 2.43. The van der Waals surface area contributed by atoms with Gasteiger partial charge in [0.2, 0.25) is 5.91 Å². The van der Waals surface area contributed by atoms with E-state index in [2.05, 4.69) is 36.6 Å². The highest BCUT2D eigenvalue weighted by molar-refractivity contribution is 5.83. The molecule has 0 spiro atoms. The highest BCUT2D eigenvalue weighted by atomic mass is 16.2. The van der Waals surface area contributed by atoms with E-state index < -0.39 is 0 Å². The lowest BCUT2D eigenvalue weighted by atomic mass is 9.93. The zero-order valence-corrected chi connectivity index (χ0v) is 11.9. The van der Waals surface area contributed by atoms with Crippen molar-refractivity contribution in [2.75, 3.05) is 13.1 Å². The monoisotopic (exact) mass is 260 g/mol. The molecule has 19 heavy (non-hydrogen) atoms. The lowest BCUT2D eigenvalue weighted by Gasteiger charge is -2.26. The molecule has 1 unspecified atom stereocenters. The summed E-state index contributed by atoms with van der Waals surface area (Å²) in [6.07, 6.45) is 3.24. The molecule has 1 aliphatic rings. The standard InChI is InChI=1S/C16H24N2O/c1-3-12(4-2)11-18-16(19)15-14-8-6-5-7-13(14)9-10-17-15/h5-8,12,15,17H,3-4,9-11H2,1-2H3,(H,18,19). The molecule has 1 aromatic carbocycles. The van der Waals surface area contributed by atoms with Crippen molar-refractivity contribution < 1.29 is 4.79 Å². The lowest BCUT2D eigenvalue weighted by molar-refractivity contribution is -0.123. The second kappa shape index (κ2) is 6.71. The van der Waals surface area contributed by atoms with Crippen molar-refractivity contribution >= 4 is 5.91 Å². The average molecular weight is 260 g/mol. The van der Waals surface area contributed by atoms with E-state index in [0.717, 1.165) is 37.9 Å². The molecular formula is C16H24N2O. The highest BCUT2D eigenvalue weighted by Gasteiger charge is 2.25. The van der Waals surface area contributed by atoms with Gasteiger partial charge in [0.25, 0.3) is 0 Å². The van der Waals surface area contributed by atoms with Crippen molar-refractivity contribution in [2.45, 2.75) is 39.2 Å². The molecule has 0 aliphatic carbocycles. The van der Waals surface area contributed by atoms with Crippen LogP contribution < -0.4 is 10.6 Å². The number of benzene rings is 1. The van der Waals surface area contributed by atoms with Gasteiger partial charge in [0.05, 0.1) is 0 Å². The zero-order valence-electron chi connectivity index (χ0n) is 11.9. The molecule has 2 N–H and O–H groups in total. The average Bonchev–Trinajstić information content (AvgIpc) is 2.47. The molecule has 0 saturated heterocycles. The van der Waals surface area contributed by atoms with E-state index in [0.29, 0.717) is 5.92 Å². The van der Waals surface area contributed by atoms with Crippen LogP contribution in [0.1, 0.15) is 43.9 Å². The van der Waals surface area contributed by atoms with Crippen LogP contribution in [0.15, 0.2) is 24.3 Å². The van der Waals surface area contributed by atoms with Gasteiger partial charge in [0, 0.05) is 13.1 Å². The fourth-order valence-electron chi connectivity index (χ4n) is 2.66. The van der Waals surface area contributed by atoms with Crippen LogP contribution in [0.4, 0.5) is 0 Å². The van der Waals surface area contributed by atoms with Crippen molar-refractivity contribution in [1.29, 1.82) is 0 Å². The molecule has 1 aliphatic heterocycles. The van der Waals surface area contributed by atoms with Crippen LogP contribution in [-0.2, 0) is 11.2 Å². The number of carbonyl (C=O) groups is 1. The molecule has 104 valence electrons. The first kappa shape index (κ1) is 14.1.